The molecule has 2 aliphatic rings. The highest BCUT2D eigenvalue weighted by atomic mass is 28.3. The van der Waals surface area contributed by atoms with E-state index in [1.54, 1.807) is 0 Å². The first-order chi connectivity index (χ1) is 13.3. The average molecular weight is 400 g/mol. The third-order valence-electron chi connectivity index (χ3n) is 6.39. The first kappa shape index (κ1) is 21.5. The third kappa shape index (κ3) is 4.84. The molecule has 3 heteroatoms. The second-order valence-electron chi connectivity index (χ2n) is 9.57. The smallest absolute Gasteiger partial charge is 0.274 e. The van der Waals surface area contributed by atoms with Gasteiger partial charge in [0, 0.05) is 17.4 Å². The molecule has 0 spiro atoms. The summed E-state index contributed by atoms with van der Waals surface area (Å²) in [6.07, 6.45) is 12.6. The van der Waals surface area contributed by atoms with Crippen molar-refractivity contribution in [2.24, 2.45) is 5.92 Å². The summed E-state index contributed by atoms with van der Waals surface area (Å²) in [7, 11) is -0.823. The van der Waals surface area contributed by atoms with Crippen LogP contribution in [0.1, 0.15) is 89.7 Å². The quantitative estimate of drug-likeness (QED) is 0.257. The summed E-state index contributed by atoms with van der Waals surface area (Å²) in [5.41, 5.74) is 4.07. The van der Waals surface area contributed by atoms with Gasteiger partial charge in [-0.15, -0.1) is 0 Å². The van der Waals surface area contributed by atoms with E-state index < -0.39 is 9.04 Å². The predicted octanol–water partition coefficient (Wildman–Crippen LogP) is 7.44. The Balaban J connectivity index is 1.94. The van der Waals surface area contributed by atoms with Crippen molar-refractivity contribution in [2.75, 3.05) is 0 Å². The average Bonchev–Trinajstić information content (AvgIpc) is 2.59. The Hall–Kier alpha value is -1.22. The summed E-state index contributed by atoms with van der Waals surface area (Å²) in [5, 5.41) is 0. The van der Waals surface area contributed by atoms with Crippen molar-refractivity contribution in [1.29, 1.82) is 0 Å². The van der Waals surface area contributed by atoms with Crippen LogP contribution in [-0.2, 0) is 6.42 Å². The van der Waals surface area contributed by atoms with Crippen LogP contribution < -0.4 is 9.16 Å². The van der Waals surface area contributed by atoms with Gasteiger partial charge in [-0.1, -0.05) is 44.3 Å². The Morgan fingerprint density at radius 1 is 1.14 bits per heavy atom. The molecule has 1 heterocycles. The molecule has 0 fully saturated rings. The number of allylic oxidation sites excluding steroid dienone is 2. The first-order valence-corrected chi connectivity index (χ1v) is 13.7. The molecule has 155 valence electrons. The van der Waals surface area contributed by atoms with Gasteiger partial charge in [0.05, 0.1) is 0 Å². The van der Waals surface area contributed by atoms with E-state index in [4.69, 9.17) is 9.16 Å². The molecule has 0 aromatic heterocycles. The standard InChI is InChI=1S/C25H39O2Si/c1-7-8-9-10-11-12-19-16-22-24(23(17-19)27-28(5)6)20-15-18(2)13-14-21(20)25(3,4)26-22/h15-17,20-21H,7-14H2,1-6H3/t20-,21-/m0/s1. The summed E-state index contributed by atoms with van der Waals surface area (Å²) < 4.78 is 13.1. The lowest BCUT2D eigenvalue weighted by atomic mass is 9.68. The van der Waals surface area contributed by atoms with Gasteiger partial charge in [-0.25, -0.2) is 0 Å². The Morgan fingerprint density at radius 3 is 2.61 bits per heavy atom. The van der Waals surface area contributed by atoms with Crippen LogP contribution in [0.25, 0.3) is 0 Å². The number of ether oxygens (including phenoxy) is 1. The van der Waals surface area contributed by atoms with E-state index in [-0.39, 0.29) is 5.60 Å². The van der Waals surface area contributed by atoms with Crippen LogP contribution in [-0.4, -0.2) is 14.6 Å². The van der Waals surface area contributed by atoms with Gasteiger partial charge in [-0.05, 0) is 77.2 Å². The van der Waals surface area contributed by atoms with E-state index in [0.717, 1.165) is 17.9 Å². The molecule has 1 aliphatic heterocycles. The highest BCUT2D eigenvalue weighted by Crippen LogP contribution is 2.53. The van der Waals surface area contributed by atoms with E-state index in [0.29, 0.717) is 11.8 Å². The summed E-state index contributed by atoms with van der Waals surface area (Å²) in [5.74, 6) is 3.11. The summed E-state index contributed by atoms with van der Waals surface area (Å²) >= 11 is 0. The minimum atomic E-state index is -0.823. The highest BCUT2D eigenvalue weighted by molar-refractivity contribution is 6.49. The van der Waals surface area contributed by atoms with Crippen molar-refractivity contribution in [2.45, 2.75) is 104 Å². The molecule has 0 amide bonds. The van der Waals surface area contributed by atoms with Crippen LogP contribution in [0.2, 0.25) is 13.1 Å². The number of hydrogen-bond donors (Lipinski definition) is 0. The predicted molar refractivity (Wildman–Crippen MR) is 121 cm³/mol. The maximum Gasteiger partial charge on any atom is 0.274 e. The van der Waals surface area contributed by atoms with Crippen molar-refractivity contribution in [1.82, 2.24) is 0 Å². The Morgan fingerprint density at radius 2 is 1.89 bits per heavy atom. The van der Waals surface area contributed by atoms with Crippen LogP contribution in [0.4, 0.5) is 0 Å². The van der Waals surface area contributed by atoms with Gasteiger partial charge in [0.1, 0.15) is 17.1 Å². The van der Waals surface area contributed by atoms with Gasteiger partial charge >= 0.3 is 0 Å². The maximum absolute atomic E-state index is 6.63. The second-order valence-corrected chi connectivity index (χ2v) is 11.6. The molecule has 3 rings (SSSR count). The Kier molecular flexibility index (Phi) is 6.96. The van der Waals surface area contributed by atoms with Crippen LogP contribution in [0.15, 0.2) is 23.8 Å². The van der Waals surface area contributed by atoms with E-state index >= 15 is 0 Å². The van der Waals surface area contributed by atoms with Gasteiger partial charge in [-0.3, -0.25) is 0 Å². The Bertz CT molecular complexity index is 687. The zero-order chi connectivity index (χ0) is 20.3. The van der Waals surface area contributed by atoms with Crippen LogP contribution in [0, 0.1) is 5.92 Å². The largest absolute Gasteiger partial charge is 0.542 e. The molecular formula is C25H39O2Si. The van der Waals surface area contributed by atoms with Crippen LogP contribution in [0.5, 0.6) is 11.5 Å². The van der Waals surface area contributed by atoms with Gasteiger partial charge in [0.15, 0.2) is 0 Å². The number of rotatable bonds is 8. The van der Waals surface area contributed by atoms with E-state index in [2.05, 4.69) is 59.0 Å². The van der Waals surface area contributed by atoms with Gasteiger partial charge in [0.25, 0.3) is 9.04 Å². The molecule has 0 unspecified atom stereocenters. The van der Waals surface area contributed by atoms with Crippen molar-refractivity contribution in [3.63, 3.8) is 0 Å². The number of benzene rings is 1. The van der Waals surface area contributed by atoms with Crippen molar-refractivity contribution >= 4 is 9.04 Å². The SMILES string of the molecule is CCCCCCCc1cc(O[Si](C)C)c2c(c1)OC(C)(C)[C@H]1CCC(C)=C[C@H]21. The molecule has 1 aliphatic carbocycles. The topological polar surface area (TPSA) is 18.5 Å². The lowest BCUT2D eigenvalue weighted by Crippen LogP contribution is -2.45. The molecule has 2 atom stereocenters. The normalized spacial score (nSPS) is 22.9. The zero-order valence-electron chi connectivity index (χ0n) is 18.9. The fourth-order valence-electron chi connectivity index (χ4n) is 4.94. The zero-order valence-corrected chi connectivity index (χ0v) is 19.9. The third-order valence-corrected chi connectivity index (χ3v) is 7.02. The minimum Gasteiger partial charge on any atom is -0.542 e. The molecule has 1 aromatic carbocycles. The van der Waals surface area contributed by atoms with E-state index in [1.165, 1.54) is 61.6 Å². The van der Waals surface area contributed by atoms with E-state index in [9.17, 15) is 0 Å². The lowest BCUT2D eigenvalue weighted by Gasteiger charge is -2.47. The molecule has 1 radical (unpaired) electrons. The highest BCUT2D eigenvalue weighted by Gasteiger charge is 2.45. The Labute approximate surface area is 174 Å². The molecule has 0 saturated heterocycles. The van der Waals surface area contributed by atoms with Crippen LogP contribution >= 0.6 is 0 Å². The molecule has 0 saturated carbocycles. The summed E-state index contributed by atoms with van der Waals surface area (Å²) in [6.45, 7) is 13.5. The molecule has 1 aromatic rings. The van der Waals surface area contributed by atoms with Crippen molar-refractivity contribution in [3.8, 4) is 11.5 Å². The van der Waals surface area contributed by atoms with Crippen molar-refractivity contribution < 1.29 is 9.16 Å². The number of unbranched alkanes of at least 4 members (excludes halogenated alkanes) is 4. The number of fused-ring (bicyclic) bond motifs is 3. The van der Waals surface area contributed by atoms with Gasteiger partial charge < -0.3 is 9.16 Å². The fourth-order valence-corrected chi connectivity index (χ4v) is 5.55. The van der Waals surface area contributed by atoms with Crippen LogP contribution in [0.3, 0.4) is 0 Å². The molecule has 28 heavy (non-hydrogen) atoms. The van der Waals surface area contributed by atoms with Gasteiger partial charge in [0.2, 0.25) is 0 Å². The van der Waals surface area contributed by atoms with Gasteiger partial charge in [-0.2, -0.15) is 0 Å². The summed E-state index contributed by atoms with van der Waals surface area (Å²) in [4.78, 5) is 0. The van der Waals surface area contributed by atoms with E-state index in [1.807, 2.05) is 0 Å². The minimum absolute atomic E-state index is 0.127. The monoisotopic (exact) mass is 399 g/mol. The first-order valence-electron chi connectivity index (χ1n) is 11.3. The molecule has 0 N–H and O–H groups in total. The maximum atomic E-state index is 6.63. The second kappa shape index (κ2) is 9.07. The molecule has 2 nitrogen and oxygen atoms in total. The lowest BCUT2D eigenvalue weighted by molar-refractivity contribution is 0.0110. The molecule has 0 bridgehead atoms. The number of aryl methyl sites for hydroxylation is 1. The fraction of sp³-hybridized carbons (Fsp3) is 0.680. The number of hydrogen-bond acceptors (Lipinski definition) is 2. The summed E-state index contributed by atoms with van der Waals surface area (Å²) in [6, 6.07) is 4.64. The van der Waals surface area contributed by atoms with Crippen molar-refractivity contribution in [3.05, 3.63) is 34.9 Å². The molecular weight excluding hydrogens is 360 g/mol.